The predicted octanol–water partition coefficient (Wildman–Crippen LogP) is 4.82. The molecule has 21 heavy (non-hydrogen) atoms. The van der Waals surface area contributed by atoms with Crippen molar-refractivity contribution < 1.29 is 0 Å². The second-order valence-electron chi connectivity index (χ2n) is 6.00. The summed E-state index contributed by atoms with van der Waals surface area (Å²) in [6.45, 7) is 5.11. The molecule has 2 heteroatoms. The van der Waals surface area contributed by atoms with E-state index in [2.05, 4.69) is 44.2 Å². The first-order valence-electron chi connectivity index (χ1n) is 7.62. The molecule has 0 saturated carbocycles. The van der Waals surface area contributed by atoms with Crippen LogP contribution in [-0.2, 0) is 12.8 Å². The van der Waals surface area contributed by atoms with Crippen molar-refractivity contribution in [1.82, 2.24) is 0 Å². The monoisotopic (exact) mass is 301 g/mol. The van der Waals surface area contributed by atoms with Crippen molar-refractivity contribution in [1.29, 1.82) is 0 Å². The molecule has 0 saturated heterocycles. The second-order valence-corrected chi connectivity index (χ2v) is 6.40. The Morgan fingerprint density at radius 1 is 0.952 bits per heavy atom. The third-order valence-electron chi connectivity index (χ3n) is 3.97. The summed E-state index contributed by atoms with van der Waals surface area (Å²) in [7, 11) is 0. The van der Waals surface area contributed by atoms with Crippen LogP contribution in [0.2, 0.25) is 5.02 Å². The smallest absolute Gasteiger partial charge is 0.0438 e. The fourth-order valence-electron chi connectivity index (χ4n) is 2.59. The summed E-state index contributed by atoms with van der Waals surface area (Å²) >= 11 is 6.24. The van der Waals surface area contributed by atoms with E-state index in [-0.39, 0.29) is 0 Å². The van der Waals surface area contributed by atoms with Crippen LogP contribution in [0.25, 0.3) is 0 Å². The van der Waals surface area contributed by atoms with Gasteiger partial charge in [0, 0.05) is 5.02 Å². The molecule has 0 heterocycles. The highest BCUT2D eigenvalue weighted by atomic mass is 35.5. The normalized spacial score (nSPS) is 12.6. The first kappa shape index (κ1) is 16.1. The van der Waals surface area contributed by atoms with Crippen LogP contribution in [0.1, 0.15) is 36.5 Å². The van der Waals surface area contributed by atoms with Crippen molar-refractivity contribution >= 4 is 11.6 Å². The van der Waals surface area contributed by atoms with Gasteiger partial charge in [-0.2, -0.15) is 0 Å². The lowest BCUT2D eigenvalue weighted by Gasteiger charge is -2.16. The molecule has 2 N–H and O–H groups in total. The van der Waals surface area contributed by atoms with Crippen LogP contribution < -0.4 is 5.73 Å². The van der Waals surface area contributed by atoms with Crippen molar-refractivity contribution in [2.24, 2.45) is 11.7 Å². The van der Waals surface area contributed by atoms with E-state index in [1.165, 1.54) is 16.7 Å². The van der Waals surface area contributed by atoms with Gasteiger partial charge in [0.05, 0.1) is 0 Å². The molecular weight excluding hydrogens is 278 g/mol. The molecule has 2 aromatic carbocycles. The van der Waals surface area contributed by atoms with Crippen molar-refractivity contribution in [3.8, 4) is 0 Å². The quantitative estimate of drug-likeness (QED) is 0.813. The van der Waals surface area contributed by atoms with Crippen molar-refractivity contribution in [2.75, 3.05) is 6.54 Å². The van der Waals surface area contributed by atoms with E-state index in [0.717, 1.165) is 17.9 Å². The summed E-state index contributed by atoms with van der Waals surface area (Å²) in [6.07, 6.45) is 1.93. The number of rotatable bonds is 6. The summed E-state index contributed by atoms with van der Waals surface area (Å²) < 4.78 is 0. The minimum absolute atomic E-state index is 0.426. The van der Waals surface area contributed by atoms with Crippen LogP contribution >= 0.6 is 11.6 Å². The zero-order valence-electron chi connectivity index (χ0n) is 12.9. The highest BCUT2D eigenvalue weighted by Gasteiger charge is 2.11. The average Bonchev–Trinajstić information content (AvgIpc) is 2.49. The Balaban J connectivity index is 2.03. The van der Waals surface area contributed by atoms with Gasteiger partial charge in [0.2, 0.25) is 0 Å². The predicted molar refractivity (Wildman–Crippen MR) is 91.9 cm³/mol. The second kappa shape index (κ2) is 7.63. The molecule has 2 aromatic rings. The SMILES string of the molecule is CC(C)c1ccc(CC(CN)Cc2ccccc2Cl)cc1. The number of hydrogen-bond donors (Lipinski definition) is 1. The maximum atomic E-state index is 6.24. The molecule has 0 aromatic heterocycles. The van der Waals surface area contributed by atoms with Gasteiger partial charge in [0.15, 0.2) is 0 Å². The third-order valence-corrected chi connectivity index (χ3v) is 4.34. The lowest BCUT2D eigenvalue weighted by molar-refractivity contribution is 0.533. The Morgan fingerprint density at radius 2 is 1.62 bits per heavy atom. The molecule has 0 radical (unpaired) electrons. The average molecular weight is 302 g/mol. The Hall–Kier alpha value is -1.31. The lowest BCUT2D eigenvalue weighted by Crippen LogP contribution is -2.19. The summed E-state index contributed by atoms with van der Waals surface area (Å²) in [5.41, 5.74) is 9.87. The number of halogens is 1. The van der Waals surface area contributed by atoms with Crippen LogP contribution in [0.3, 0.4) is 0 Å². The van der Waals surface area contributed by atoms with Gasteiger partial charge < -0.3 is 5.73 Å². The summed E-state index contributed by atoms with van der Waals surface area (Å²) in [6, 6.07) is 16.9. The number of hydrogen-bond acceptors (Lipinski definition) is 1. The van der Waals surface area contributed by atoms with Crippen molar-refractivity contribution in [3.05, 3.63) is 70.2 Å². The van der Waals surface area contributed by atoms with Crippen LogP contribution in [-0.4, -0.2) is 6.54 Å². The van der Waals surface area contributed by atoms with Gasteiger partial charge in [-0.3, -0.25) is 0 Å². The van der Waals surface area contributed by atoms with Crippen LogP contribution in [0.5, 0.6) is 0 Å². The van der Waals surface area contributed by atoms with Crippen LogP contribution in [0, 0.1) is 5.92 Å². The molecule has 1 unspecified atom stereocenters. The van der Waals surface area contributed by atoms with E-state index < -0.39 is 0 Å². The molecule has 0 aliphatic rings. The van der Waals surface area contributed by atoms with E-state index >= 15 is 0 Å². The zero-order chi connectivity index (χ0) is 15.2. The fourth-order valence-corrected chi connectivity index (χ4v) is 2.80. The number of benzene rings is 2. The van der Waals surface area contributed by atoms with Gasteiger partial charge in [0.1, 0.15) is 0 Å². The van der Waals surface area contributed by atoms with E-state index in [4.69, 9.17) is 17.3 Å². The fraction of sp³-hybridized carbons (Fsp3) is 0.368. The molecular formula is C19H24ClN. The maximum absolute atomic E-state index is 6.24. The summed E-state index contributed by atoms with van der Waals surface area (Å²) in [4.78, 5) is 0. The first-order chi connectivity index (χ1) is 10.1. The van der Waals surface area contributed by atoms with Crippen molar-refractivity contribution in [3.63, 3.8) is 0 Å². The highest BCUT2D eigenvalue weighted by molar-refractivity contribution is 6.31. The molecule has 1 nitrogen and oxygen atoms in total. The van der Waals surface area contributed by atoms with E-state index in [0.29, 0.717) is 18.4 Å². The third kappa shape index (κ3) is 4.59. The van der Waals surface area contributed by atoms with E-state index in [9.17, 15) is 0 Å². The largest absolute Gasteiger partial charge is 0.330 e. The maximum Gasteiger partial charge on any atom is 0.0438 e. The van der Waals surface area contributed by atoms with Gasteiger partial charge in [-0.1, -0.05) is 67.9 Å². The molecule has 0 fully saturated rings. The molecule has 112 valence electrons. The molecule has 0 amide bonds. The highest BCUT2D eigenvalue weighted by Crippen LogP contribution is 2.22. The zero-order valence-corrected chi connectivity index (χ0v) is 13.6. The Kier molecular flexibility index (Phi) is 5.84. The lowest BCUT2D eigenvalue weighted by atomic mass is 9.91. The molecule has 0 bridgehead atoms. The van der Waals surface area contributed by atoms with Gasteiger partial charge in [-0.05, 0) is 54.0 Å². The Bertz CT molecular complexity index is 560. The van der Waals surface area contributed by atoms with Gasteiger partial charge in [-0.25, -0.2) is 0 Å². The Labute approximate surface area is 133 Å². The molecule has 2 rings (SSSR count). The first-order valence-corrected chi connectivity index (χ1v) is 8.00. The standard InChI is InChI=1S/C19H24ClN/c1-14(2)17-9-7-15(8-10-17)11-16(13-21)12-18-5-3-4-6-19(18)20/h3-10,14,16H,11-13,21H2,1-2H3. The van der Waals surface area contributed by atoms with Gasteiger partial charge >= 0.3 is 0 Å². The van der Waals surface area contributed by atoms with E-state index in [1.54, 1.807) is 0 Å². The van der Waals surface area contributed by atoms with Crippen LogP contribution in [0.4, 0.5) is 0 Å². The van der Waals surface area contributed by atoms with Gasteiger partial charge in [-0.15, -0.1) is 0 Å². The van der Waals surface area contributed by atoms with Crippen molar-refractivity contribution in [2.45, 2.75) is 32.6 Å². The van der Waals surface area contributed by atoms with Crippen LogP contribution in [0.15, 0.2) is 48.5 Å². The minimum Gasteiger partial charge on any atom is -0.330 e. The summed E-state index contributed by atoms with van der Waals surface area (Å²) in [5.74, 6) is 1.00. The molecule has 0 aliphatic carbocycles. The molecule has 0 aliphatic heterocycles. The summed E-state index contributed by atoms with van der Waals surface area (Å²) in [5, 5.41) is 0.839. The van der Waals surface area contributed by atoms with E-state index in [1.807, 2.05) is 18.2 Å². The Morgan fingerprint density at radius 3 is 2.19 bits per heavy atom. The topological polar surface area (TPSA) is 26.0 Å². The van der Waals surface area contributed by atoms with Gasteiger partial charge in [0.25, 0.3) is 0 Å². The number of nitrogens with two attached hydrogens (primary N) is 1. The molecule has 1 atom stereocenters. The minimum atomic E-state index is 0.426. The molecule has 0 spiro atoms.